The molecule has 0 fully saturated rings. The largest absolute Gasteiger partial charge is 0.342 e. The minimum atomic E-state index is 0.947. The molecule has 0 radical (unpaired) electrons. The lowest BCUT2D eigenvalue weighted by atomic mass is 10.3. The van der Waals surface area contributed by atoms with Crippen molar-refractivity contribution in [2.45, 2.75) is 0 Å². The molecule has 2 nitrogen and oxygen atoms in total. The van der Waals surface area contributed by atoms with Crippen LogP contribution in [0, 0.1) is 4.51 Å². The first-order valence-corrected chi connectivity index (χ1v) is 6.97. The monoisotopic (exact) mass is 280 g/mol. The zero-order valence-electron chi connectivity index (χ0n) is 11.6. The first-order chi connectivity index (χ1) is 9.70. The van der Waals surface area contributed by atoms with Gasteiger partial charge >= 0.3 is 0 Å². The lowest BCUT2D eigenvalue weighted by Gasteiger charge is -2.18. The van der Waals surface area contributed by atoms with Crippen LogP contribution in [-0.2, 0) is 0 Å². The summed E-state index contributed by atoms with van der Waals surface area (Å²) in [4.78, 5) is 4.30. The molecule has 0 N–H and O–H groups in total. The van der Waals surface area contributed by atoms with Gasteiger partial charge in [0.05, 0.1) is 15.9 Å². The maximum absolute atomic E-state index is 5.49. The number of benzene rings is 2. The number of anilines is 4. The molecule has 0 saturated heterocycles. The highest BCUT2D eigenvalue weighted by atomic mass is 32.1. The summed E-state index contributed by atoms with van der Waals surface area (Å²) in [5.74, 6) is 0. The average Bonchev–Trinajstić information content (AvgIpc) is 3.18. The summed E-state index contributed by atoms with van der Waals surface area (Å²) in [7, 11) is 4.12. The maximum atomic E-state index is 5.49. The van der Waals surface area contributed by atoms with E-state index in [0.29, 0.717) is 0 Å². The van der Waals surface area contributed by atoms with Crippen LogP contribution < -0.4 is 9.80 Å². The number of nitrogens with zero attached hydrogens (tertiary/aromatic N) is 2. The van der Waals surface area contributed by atoms with Crippen molar-refractivity contribution < 1.29 is 0 Å². The van der Waals surface area contributed by atoms with Gasteiger partial charge in [-0.2, -0.15) is 0 Å². The minimum absolute atomic E-state index is 0.947. The van der Waals surface area contributed by atoms with Crippen LogP contribution in [0.4, 0.5) is 22.7 Å². The minimum Gasteiger partial charge on any atom is -0.342 e. The summed E-state index contributed by atoms with van der Waals surface area (Å²) in [6, 6.07) is 20.6. The quantitative estimate of drug-likeness (QED) is 0.632. The molecule has 0 aromatic heterocycles. The van der Waals surface area contributed by atoms with Gasteiger partial charge in [-0.25, -0.2) is 0 Å². The molecule has 0 saturated carbocycles. The van der Waals surface area contributed by atoms with E-state index in [1.165, 1.54) is 0 Å². The third-order valence-corrected chi connectivity index (χ3v) is 3.94. The van der Waals surface area contributed by atoms with Gasteiger partial charge in [-0.05, 0) is 24.3 Å². The van der Waals surface area contributed by atoms with Gasteiger partial charge in [-0.1, -0.05) is 48.6 Å². The summed E-state index contributed by atoms with van der Waals surface area (Å²) >= 11 is 5.49. The summed E-state index contributed by atoms with van der Waals surface area (Å²) in [6.45, 7) is 0. The Kier molecular flexibility index (Phi) is 3.28. The molecule has 0 spiro atoms. The van der Waals surface area contributed by atoms with Crippen LogP contribution >= 0.6 is 12.2 Å². The number of rotatable bonds is 4. The fourth-order valence-corrected chi connectivity index (χ4v) is 2.75. The van der Waals surface area contributed by atoms with Crippen LogP contribution in [0.2, 0.25) is 0 Å². The van der Waals surface area contributed by atoms with Crippen LogP contribution in [0.5, 0.6) is 0 Å². The molecule has 0 heterocycles. The molecule has 0 aliphatic heterocycles. The zero-order chi connectivity index (χ0) is 14.1. The van der Waals surface area contributed by atoms with Gasteiger partial charge in [0, 0.05) is 25.5 Å². The first kappa shape index (κ1) is 12.9. The fourth-order valence-electron chi connectivity index (χ4n) is 2.34. The summed E-state index contributed by atoms with van der Waals surface area (Å²) in [5, 5.41) is 0. The lowest BCUT2D eigenvalue weighted by Crippen LogP contribution is -2.09. The van der Waals surface area contributed by atoms with E-state index < -0.39 is 0 Å². The predicted molar refractivity (Wildman–Crippen MR) is 88.7 cm³/mol. The Balaban J connectivity index is 1.88. The molecule has 100 valence electrons. The highest BCUT2D eigenvalue weighted by Gasteiger charge is 2.26. The molecule has 3 aromatic carbocycles. The molecule has 0 unspecified atom stereocenters. The molecule has 0 aliphatic carbocycles. The maximum Gasteiger partial charge on any atom is 0.0895 e. The summed E-state index contributed by atoms with van der Waals surface area (Å²) in [5.41, 5.74) is 4.58. The van der Waals surface area contributed by atoms with Gasteiger partial charge < -0.3 is 9.80 Å². The molecule has 0 amide bonds. The molecule has 3 rings (SSSR count). The normalized spacial score (nSPS) is 10.7. The molecule has 0 atom stereocenters. The van der Waals surface area contributed by atoms with E-state index in [-0.39, 0.29) is 0 Å². The highest BCUT2D eigenvalue weighted by molar-refractivity contribution is 7.72. The molecule has 20 heavy (non-hydrogen) atoms. The SMILES string of the molecule is CN(c1ccccc1)c1c(N(C)c2ccccc2)c1=S. The molecular formula is C17H16N2S. The highest BCUT2D eigenvalue weighted by Crippen LogP contribution is 2.48. The number of hydrogen-bond acceptors (Lipinski definition) is 3. The Labute approximate surface area is 124 Å². The molecule has 3 aromatic rings. The van der Waals surface area contributed by atoms with Gasteiger partial charge in [0.25, 0.3) is 0 Å². The lowest BCUT2D eigenvalue weighted by molar-refractivity contribution is 1.21. The Morgan fingerprint density at radius 2 is 1.00 bits per heavy atom. The Hall–Kier alpha value is -2.13. The van der Waals surface area contributed by atoms with Gasteiger partial charge in [-0.3, -0.25) is 0 Å². The van der Waals surface area contributed by atoms with E-state index in [9.17, 15) is 0 Å². The van der Waals surface area contributed by atoms with E-state index in [2.05, 4.69) is 48.2 Å². The van der Waals surface area contributed by atoms with Crippen molar-refractivity contribution >= 4 is 35.0 Å². The predicted octanol–water partition coefficient (Wildman–Crippen LogP) is 4.83. The smallest absolute Gasteiger partial charge is 0.0895 e. The molecule has 0 aliphatic rings. The van der Waals surface area contributed by atoms with E-state index in [0.717, 1.165) is 27.3 Å². The molecule has 3 heteroatoms. The van der Waals surface area contributed by atoms with Gasteiger partial charge in [0.1, 0.15) is 0 Å². The van der Waals surface area contributed by atoms with E-state index >= 15 is 0 Å². The number of hydrogen-bond donors (Lipinski definition) is 0. The molecule has 0 bridgehead atoms. The first-order valence-electron chi connectivity index (χ1n) is 6.56. The van der Waals surface area contributed by atoms with Crippen LogP contribution in [0.3, 0.4) is 0 Å². The second kappa shape index (κ2) is 5.10. The second-order valence-electron chi connectivity index (χ2n) is 4.82. The fraction of sp³-hybridized carbons (Fsp3) is 0.118. The Bertz CT molecular complexity index is 651. The van der Waals surface area contributed by atoms with Crippen molar-refractivity contribution in [3.8, 4) is 0 Å². The average molecular weight is 280 g/mol. The topological polar surface area (TPSA) is 6.48 Å². The van der Waals surface area contributed by atoms with Crippen molar-refractivity contribution in [3.05, 3.63) is 65.2 Å². The third kappa shape index (κ3) is 2.21. The van der Waals surface area contributed by atoms with Crippen LogP contribution in [0.1, 0.15) is 0 Å². The van der Waals surface area contributed by atoms with Gasteiger partial charge in [0.15, 0.2) is 0 Å². The van der Waals surface area contributed by atoms with Crippen molar-refractivity contribution in [1.29, 1.82) is 0 Å². The Morgan fingerprint density at radius 3 is 1.35 bits per heavy atom. The van der Waals surface area contributed by atoms with Crippen molar-refractivity contribution in [2.24, 2.45) is 0 Å². The van der Waals surface area contributed by atoms with Crippen molar-refractivity contribution in [2.75, 3.05) is 23.9 Å². The standard InChI is InChI=1S/C17H16N2S/c1-18(13-9-5-3-6-10-13)15-16(17(15)20)19(2)14-11-7-4-8-12-14/h3-12H,1-2H3. The third-order valence-electron chi connectivity index (χ3n) is 3.55. The summed E-state index contributed by atoms with van der Waals surface area (Å²) < 4.78 is 0.947. The van der Waals surface area contributed by atoms with E-state index in [1.807, 2.05) is 36.4 Å². The number of para-hydroxylation sites is 2. The van der Waals surface area contributed by atoms with Gasteiger partial charge in [0.2, 0.25) is 0 Å². The van der Waals surface area contributed by atoms with Crippen LogP contribution in [-0.4, -0.2) is 14.1 Å². The van der Waals surface area contributed by atoms with Crippen molar-refractivity contribution in [3.63, 3.8) is 0 Å². The van der Waals surface area contributed by atoms with E-state index in [1.54, 1.807) is 0 Å². The second-order valence-corrected chi connectivity index (χ2v) is 5.22. The zero-order valence-corrected chi connectivity index (χ0v) is 12.4. The van der Waals surface area contributed by atoms with Crippen LogP contribution in [0.25, 0.3) is 0 Å². The van der Waals surface area contributed by atoms with Gasteiger partial charge in [-0.15, -0.1) is 0 Å². The Morgan fingerprint density at radius 1 is 0.650 bits per heavy atom. The van der Waals surface area contributed by atoms with Crippen LogP contribution in [0.15, 0.2) is 60.7 Å². The van der Waals surface area contributed by atoms with E-state index in [4.69, 9.17) is 12.2 Å². The molecular weight excluding hydrogens is 264 g/mol. The van der Waals surface area contributed by atoms with Crippen molar-refractivity contribution in [1.82, 2.24) is 0 Å². The summed E-state index contributed by atoms with van der Waals surface area (Å²) in [6.07, 6.45) is 0.